The summed E-state index contributed by atoms with van der Waals surface area (Å²) in [5, 5.41) is 6.64. The van der Waals surface area contributed by atoms with Crippen molar-refractivity contribution in [1.29, 1.82) is 0 Å². The van der Waals surface area contributed by atoms with Crippen LogP contribution in [-0.2, 0) is 16.4 Å². The monoisotopic (exact) mass is 513 g/mol. The Bertz CT molecular complexity index is 868. The van der Waals surface area contributed by atoms with E-state index in [0.29, 0.717) is 24.8 Å². The highest BCUT2D eigenvalue weighted by Gasteiger charge is 2.24. The Morgan fingerprint density at radius 2 is 1.82 bits per heavy atom. The molecule has 152 valence electrons. The first-order valence-electron chi connectivity index (χ1n) is 9.36. The van der Waals surface area contributed by atoms with Gasteiger partial charge in [-0.3, -0.25) is 0 Å². The number of hydrogen-bond acceptors (Lipinski definition) is 3. The molecule has 2 N–H and O–H groups in total. The van der Waals surface area contributed by atoms with E-state index in [1.165, 1.54) is 5.56 Å². The van der Waals surface area contributed by atoms with Crippen LogP contribution in [0.3, 0.4) is 0 Å². The fourth-order valence-corrected chi connectivity index (χ4v) is 4.96. The molecule has 1 unspecified atom stereocenters. The second-order valence-electron chi connectivity index (χ2n) is 7.14. The highest BCUT2D eigenvalue weighted by Crippen LogP contribution is 2.17. The summed E-state index contributed by atoms with van der Waals surface area (Å²) < 4.78 is 23.7. The molecule has 1 saturated heterocycles. The molecule has 3 rings (SSSR count). The number of sulfone groups is 1. The zero-order valence-electron chi connectivity index (χ0n) is 16.1. The van der Waals surface area contributed by atoms with Crippen LogP contribution in [0.25, 0.3) is 0 Å². The molecule has 1 aliphatic heterocycles. The Morgan fingerprint density at radius 1 is 1.11 bits per heavy atom. The number of hydrogen-bond donors (Lipinski definition) is 2. The van der Waals surface area contributed by atoms with Gasteiger partial charge in [-0.2, -0.15) is 0 Å². The molecule has 1 aliphatic rings. The third-order valence-corrected chi connectivity index (χ3v) is 6.58. The highest BCUT2D eigenvalue weighted by molar-refractivity contribution is 14.0. The smallest absolute Gasteiger partial charge is 0.196 e. The zero-order chi connectivity index (χ0) is 19.1. The largest absolute Gasteiger partial charge is 0.356 e. The van der Waals surface area contributed by atoms with Crippen molar-refractivity contribution in [3.63, 3.8) is 0 Å². The third-order valence-electron chi connectivity index (χ3n) is 4.69. The molecule has 0 spiro atoms. The molecule has 0 saturated carbocycles. The lowest BCUT2D eigenvalue weighted by molar-refractivity contribution is 0.479. The third kappa shape index (κ3) is 7.43. The maximum atomic E-state index is 11.9. The van der Waals surface area contributed by atoms with Crippen molar-refractivity contribution in [3.05, 3.63) is 65.7 Å². The van der Waals surface area contributed by atoms with Crippen LogP contribution in [0.5, 0.6) is 0 Å². The standard InChI is InChI=1S/C21H27N3O2S.HI/c1-17-9-11-18(12-10-17)14-22-21(24-20-7-3-2-4-8-20)23-15-19-6-5-13-27(25,26)16-19;/h2-4,7-12,19H,5-6,13-16H2,1H3,(H2,22,23,24);1H. The minimum absolute atomic E-state index is 0. The second-order valence-corrected chi connectivity index (χ2v) is 9.37. The number of nitrogens with zero attached hydrogens (tertiary/aromatic N) is 1. The highest BCUT2D eigenvalue weighted by atomic mass is 127. The van der Waals surface area contributed by atoms with Gasteiger partial charge in [0.1, 0.15) is 0 Å². The first-order chi connectivity index (χ1) is 13.0. The van der Waals surface area contributed by atoms with Crippen molar-refractivity contribution in [1.82, 2.24) is 5.32 Å². The summed E-state index contributed by atoms with van der Waals surface area (Å²) in [6, 6.07) is 18.2. The maximum Gasteiger partial charge on any atom is 0.196 e. The van der Waals surface area contributed by atoms with Crippen molar-refractivity contribution in [3.8, 4) is 0 Å². The second kappa shape index (κ2) is 10.8. The van der Waals surface area contributed by atoms with Gasteiger partial charge >= 0.3 is 0 Å². The van der Waals surface area contributed by atoms with Gasteiger partial charge in [0, 0.05) is 12.2 Å². The van der Waals surface area contributed by atoms with Crippen LogP contribution in [0.2, 0.25) is 0 Å². The lowest BCUT2D eigenvalue weighted by Crippen LogP contribution is -2.38. The lowest BCUT2D eigenvalue weighted by atomic mass is 10.1. The number of aliphatic imine (C=N–C) groups is 1. The number of para-hydroxylation sites is 1. The molecule has 2 aromatic rings. The fourth-order valence-electron chi connectivity index (χ4n) is 3.18. The SMILES string of the molecule is Cc1ccc(CN=C(NCC2CCCS(=O)(=O)C2)Nc2ccccc2)cc1.I. The minimum atomic E-state index is -2.90. The number of aryl methyl sites for hydroxylation is 1. The van der Waals surface area contributed by atoms with Gasteiger partial charge in [0.15, 0.2) is 15.8 Å². The molecule has 1 atom stereocenters. The Labute approximate surface area is 185 Å². The van der Waals surface area contributed by atoms with Gasteiger partial charge in [0.25, 0.3) is 0 Å². The van der Waals surface area contributed by atoms with E-state index in [-0.39, 0.29) is 35.6 Å². The minimum Gasteiger partial charge on any atom is -0.356 e. The number of halogens is 1. The molecule has 1 fully saturated rings. The molecule has 5 nitrogen and oxygen atoms in total. The summed E-state index contributed by atoms with van der Waals surface area (Å²) in [7, 11) is -2.90. The Balaban J connectivity index is 0.00000280. The first-order valence-corrected chi connectivity index (χ1v) is 11.2. The van der Waals surface area contributed by atoms with E-state index in [0.717, 1.165) is 24.1 Å². The average Bonchev–Trinajstić information content (AvgIpc) is 2.65. The summed E-state index contributed by atoms with van der Waals surface area (Å²) in [6.07, 6.45) is 1.68. The van der Waals surface area contributed by atoms with Crippen LogP contribution >= 0.6 is 24.0 Å². The van der Waals surface area contributed by atoms with Gasteiger partial charge in [0.05, 0.1) is 18.1 Å². The Morgan fingerprint density at radius 3 is 2.50 bits per heavy atom. The van der Waals surface area contributed by atoms with Gasteiger partial charge in [-0.05, 0) is 43.4 Å². The predicted molar refractivity (Wildman–Crippen MR) is 127 cm³/mol. The van der Waals surface area contributed by atoms with Crippen LogP contribution in [0.4, 0.5) is 5.69 Å². The van der Waals surface area contributed by atoms with Gasteiger partial charge < -0.3 is 10.6 Å². The van der Waals surface area contributed by atoms with E-state index in [4.69, 9.17) is 0 Å². The number of guanidine groups is 1. The summed E-state index contributed by atoms with van der Waals surface area (Å²) in [4.78, 5) is 4.68. The molecule has 28 heavy (non-hydrogen) atoms. The summed E-state index contributed by atoms with van der Waals surface area (Å²) in [5.74, 6) is 1.38. The zero-order valence-corrected chi connectivity index (χ0v) is 19.2. The van der Waals surface area contributed by atoms with Crippen LogP contribution in [0.15, 0.2) is 59.6 Å². The maximum absolute atomic E-state index is 11.9. The fraction of sp³-hybridized carbons (Fsp3) is 0.381. The number of rotatable bonds is 5. The molecular formula is C21H28IN3O2S. The van der Waals surface area contributed by atoms with Crippen molar-refractivity contribution in [2.75, 3.05) is 23.4 Å². The van der Waals surface area contributed by atoms with Crippen molar-refractivity contribution < 1.29 is 8.42 Å². The molecule has 0 bridgehead atoms. The topological polar surface area (TPSA) is 70.6 Å². The molecule has 1 heterocycles. The van der Waals surface area contributed by atoms with Crippen LogP contribution in [-0.4, -0.2) is 32.4 Å². The van der Waals surface area contributed by atoms with Crippen molar-refractivity contribution in [2.24, 2.45) is 10.9 Å². The van der Waals surface area contributed by atoms with Gasteiger partial charge in [-0.15, -0.1) is 24.0 Å². The van der Waals surface area contributed by atoms with Crippen LogP contribution in [0, 0.1) is 12.8 Å². The number of benzene rings is 2. The molecule has 2 aromatic carbocycles. The summed E-state index contributed by atoms with van der Waals surface area (Å²) in [5.41, 5.74) is 3.31. The Hall–Kier alpha value is -1.61. The van der Waals surface area contributed by atoms with Crippen molar-refractivity contribution in [2.45, 2.75) is 26.3 Å². The van der Waals surface area contributed by atoms with E-state index in [1.807, 2.05) is 30.3 Å². The first kappa shape index (κ1) is 22.7. The molecule has 0 aliphatic carbocycles. The quantitative estimate of drug-likeness (QED) is 0.361. The van der Waals surface area contributed by atoms with E-state index in [1.54, 1.807) is 0 Å². The van der Waals surface area contributed by atoms with Gasteiger partial charge in [-0.1, -0.05) is 48.0 Å². The predicted octanol–water partition coefficient (Wildman–Crippen LogP) is 4.00. The normalized spacial score (nSPS) is 18.8. The van der Waals surface area contributed by atoms with Crippen LogP contribution < -0.4 is 10.6 Å². The molecule has 7 heteroatoms. The lowest BCUT2D eigenvalue weighted by Gasteiger charge is -2.23. The Kier molecular flexibility index (Phi) is 8.75. The number of nitrogens with one attached hydrogen (secondary N) is 2. The summed E-state index contributed by atoms with van der Waals surface area (Å²) >= 11 is 0. The van der Waals surface area contributed by atoms with Crippen LogP contribution in [0.1, 0.15) is 24.0 Å². The molecule has 0 radical (unpaired) electrons. The average molecular weight is 513 g/mol. The van der Waals surface area contributed by atoms with E-state index >= 15 is 0 Å². The van der Waals surface area contributed by atoms with E-state index < -0.39 is 9.84 Å². The number of anilines is 1. The molecule has 0 aromatic heterocycles. The van der Waals surface area contributed by atoms with Crippen molar-refractivity contribution >= 4 is 45.5 Å². The van der Waals surface area contributed by atoms with E-state index in [9.17, 15) is 8.42 Å². The van der Waals surface area contributed by atoms with Gasteiger partial charge in [0.2, 0.25) is 0 Å². The molecular weight excluding hydrogens is 485 g/mol. The molecule has 0 amide bonds. The summed E-state index contributed by atoms with van der Waals surface area (Å²) in [6.45, 7) is 3.23. The van der Waals surface area contributed by atoms with Gasteiger partial charge in [-0.25, -0.2) is 13.4 Å². The van der Waals surface area contributed by atoms with E-state index in [2.05, 4.69) is 46.8 Å².